The fourth-order valence-corrected chi connectivity index (χ4v) is 1.35. The summed E-state index contributed by atoms with van der Waals surface area (Å²) in [5, 5.41) is 3.53. The second kappa shape index (κ2) is 4.55. The number of hydrogen-bond acceptors (Lipinski definition) is 1. The average molecular weight is 153 g/mol. The highest BCUT2D eigenvalue weighted by Crippen LogP contribution is 2.16. The maximum Gasteiger partial charge on any atom is 0.00362 e. The highest BCUT2D eigenvalue weighted by atomic mass is 14.9. The smallest absolute Gasteiger partial charge is 0.00362 e. The van der Waals surface area contributed by atoms with Gasteiger partial charge in [-0.05, 0) is 38.6 Å². The summed E-state index contributed by atoms with van der Waals surface area (Å²) >= 11 is 0. The first-order chi connectivity index (χ1) is 5.33. The van der Waals surface area contributed by atoms with Crippen molar-refractivity contribution < 1.29 is 0 Å². The van der Waals surface area contributed by atoms with Gasteiger partial charge in [0.1, 0.15) is 0 Å². The molecule has 1 N–H and O–H groups in total. The predicted molar refractivity (Wildman–Crippen MR) is 49.6 cm³/mol. The predicted octanol–water partition coefficient (Wildman–Crippen LogP) is 2.34. The van der Waals surface area contributed by atoms with Gasteiger partial charge in [0.2, 0.25) is 0 Å². The molecular formula is C10H19N. The molecule has 1 aliphatic carbocycles. The van der Waals surface area contributed by atoms with E-state index in [1.165, 1.54) is 25.8 Å². The lowest BCUT2D eigenvalue weighted by Crippen LogP contribution is -2.29. The van der Waals surface area contributed by atoms with Gasteiger partial charge in [0.25, 0.3) is 0 Å². The van der Waals surface area contributed by atoms with E-state index in [-0.39, 0.29) is 0 Å². The molecule has 0 heterocycles. The van der Waals surface area contributed by atoms with Gasteiger partial charge < -0.3 is 5.32 Å². The third-order valence-electron chi connectivity index (χ3n) is 2.47. The fourth-order valence-electron chi connectivity index (χ4n) is 1.35. The van der Waals surface area contributed by atoms with Crippen LogP contribution in [-0.2, 0) is 0 Å². The van der Waals surface area contributed by atoms with Crippen LogP contribution in [0.25, 0.3) is 0 Å². The van der Waals surface area contributed by atoms with Crippen LogP contribution in [0.2, 0.25) is 0 Å². The molecule has 0 fully saturated rings. The van der Waals surface area contributed by atoms with Crippen molar-refractivity contribution in [2.24, 2.45) is 5.92 Å². The van der Waals surface area contributed by atoms with E-state index >= 15 is 0 Å². The van der Waals surface area contributed by atoms with Crippen molar-refractivity contribution in [1.82, 2.24) is 5.32 Å². The molecule has 0 aromatic carbocycles. The summed E-state index contributed by atoms with van der Waals surface area (Å²) in [5.74, 6) is 0.879. The monoisotopic (exact) mass is 153 g/mol. The van der Waals surface area contributed by atoms with Gasteiger partial charge >= 0.3 is 0 Å². The summed E-state index contributed by atoms with van der Waals surface area (Å²) in [6.45, 7) is 5.68. The maximum atomic E-state index is 3.53. The molecule has 1 unspecified atom stereocenters. The average Bonchev–Trinajstić information content (AvgIpc) is 2.52. The van der Waals surface area contributed by atoms with E-state index in [0.717, 1.165) is 5.92 Å². The second-order valence-corrected chi connectivity index (χ2v) is 3.53. The Kier molecular flexibility index (Phi) is 3.64. The van der Waals surface area contributed by atoms with Gasteiger partial charge in [-0.3, -0.25) is 0 Å². The van der Waals surface area contributed by atoms with Crippen LogP contribution in [0.4, 0.5) is 0 Å². The highest BCUT2D eigenvalue weighted by molar-refractivity contribution is 4.94. The standard InChI is InChI=1S/C10H19N/c1-3-9(2)11-8-10-6-4-5-7-10/h4-5,9-11H,3,6-8H2,1-2H3. The Morgan fingerprint density at radius 1 is 1.45 bits per heavy atom. The molecule has 11 heavy (non-hydrogen) atoms. The van der Waals surface area contributed by atoms with Crippen molar-refractivity contribution in [3.8, 4) is 0 Å². The fraction of sp³-hybridized carbons (Fsp3) is 0.800. The molecule has 0 aromatic rings. The van der Waals surface area contributed by atoms with Crippen LogP contribution >= 0.6 is 0 Å². The van der Waals surface area contributed by atoms with Gasteiger partial charge in [-0.25, -0.2) is 0 Å². The van der Waals surface area contributed by atoms with Crippen LogP contribution in [0.5, 0.6) is 0 Å². The number of nitrogens with one attached hydrogen (secondary N) is 1. The van der Waals surface area contributed by atoms with Gasteiger partial charge in [0.15, 0.2) is 0 Å². The summed E-state index contributed by atoms with van der Waals surface area (Å²) in [7, 11) is 0. The Bertz CT molecular complexity index is 121. The zero-order valence-corrected chi connectivity index (χ0v) is 7.64. The zero-order valence-electron chi connectivity index (χ0n) is 7.64. The minimum absolute atomic E-state index is 0.690. The first kappa shape index (κ1) is 8.79. The van der Waals surface area contributed by atoms with Crippen LogP contribution in [0.1, 0.15) is 33.1 Å². The summed E-state index contributed by atoms with van der Waals surface area (Å²) in [6.07, 6.45) is 8.39. The van der Waals surface area contributed by atoms with Gasteiger partial charge in [0.05, 0.1) is 0 Å². The van der Waals surface area contributed by atoms with Crippen LogP contribution < -0.4 is 5.32 Å². The van der Waals surface area contributed by atoms with Crippen molar-refractivity contribution in [3.05, 3.63) is 12.2 Å². The topological polar surface area (TPSA) is 12.0 Å². The van der Waals surface area contributed by atoms with Crippen molar-refractivity contribution in [1.29, 1.82) is 0 Å². The van der Waals surface area contributed by atoms with Gasteiger partial charge in [-0.15, -0.1) is 0 Å². The Balaban J connectivity index is 2.03. The van der Waals surface area contributed by atoms with E-state index in [1.807, 2.05) is 0 Å². The summed E-state index contributed by atoms with van der Waals surface area (Å²) in [4.78, 5) is 0. The molecule has 1 aliphatic rings. The van der Waals surface area contributed by atoms with E-state index in [4.69, 9.17) is 0 Å². The number of rotatable bonds is 4. The number of hydrogen-bond donors (Lipinski definition) is 1. The molecule has 1 heteroatoms. The SMILES string of the molecule is CCC(C)NCC1CC=CC1. The summed E-state index contributed by atoms with van der Waals surface area (Å²) in [5.41, 5.74) is 0. The van der Waals surface area contributed by atoms with Crippen molar-refractivity contribution in [2.45, 2.75) is 39.2 Å². The van der Waals surface area contributed by atoms with Crippen LogP contribution in [0.3, 0.4) is 0 Å². The summed E-state index contributed by atoms with van der Waals surface area (Å²) < 4.78 is 0. The van der Waals surface area contributed by atoms with Gasteiger partial charge in [-0.2, -0.15) is 0 Å². The molecule has 0 aromatic heterocycles. The lowest BCUT2D eigenvalue weighted by Gasteiger charge is -2.15. The molecule has 0 saturated carbocycles. The maximum absolute atomic E-state index is 3.53. The molecule has 1 atom stereocenters. The van der Waals surface area contributed by atoms with E-state index < -0.39 is 0 Å². The van der Waals surface area contributed by atoms with E-state index in [2.05, 4.69) is 31.3 Å². The molecule has 0 amide bonds. The first-order valence-electron chi connectivity index (χ1n) is 4.71. The van der Waals surface area contributed by atoms with Crippen molar-refractivity contribution in [2.75, 3.05) is 6.54 Å². The zero-order chi connectivity index (χ0) is 8.10. The van der Waals surface area contributed by atoms with E-state index in [1.54, 1.807) is 0 Å². The van der Waals surface area contributed by atoms with Gasteiger partial charge in [0, 0.05) is 6.04 Å². The van der Waals surface area contributed by atoms with E-state index in [9.17, 15) is 0 Å². The summed E-state index contributed by atoms with van der Waals surface area (Å²) in [6, 6.07) is 0.690. The molecule has 0 bridgehead atoms. The minimum atomic E-state index is 0.690. The lowest BCUT2D eigenvalue weighted by molar-refractivity contribution is 0.448. The molecule has 1 rings (SSSR count). The van der Waals surface area contributed by atoms with E-state index in [0.29, 0.717) is 6.04 Å². The first-order valence-corrected chi connectivity index (χ1v) is 4.71. The lowest BCUT2D eigenvalue weighted by atomic mass is 10.1. The highest BCUT2D eigenvalue weighted by Gasteiger charge is 2.09. The molecule has 1 nitrogen and oxygen atoms in total. The second-order valence-electron chi connectivity index (χ2n) is 3.53. The molecule has 0 aliphatic heterocycles. The van der Waals surface area contributed by atoms with Crippen molar-refractivity contribution in [3.63, 3.8) is 0 Å². The Labute approximate surface area is 69.9 Å². The molecule has 0 spiro atoms. The Morgan fingerprint density at radius 3 is 2.64 bits per heavy atom. The van der Waals surface area contributed by atoms with Crippen LogP contribution in [0.15, 0.2) is 12.2 Å². The number of allylic oxidation sites excluding steroid dienone is 2. The third-order valence-corrected chi connectivity index (χ3v) is 2.47. The van der Waals surface area contributed by atoms with Crippen LogP contribution in [-0.4, -0.2) is 12.6 Å². The van der Waals surface area contributed by atoms with Crippen LogP contribution in [0, 0.1) is 5.92 Å². The quantitative estimate of drug-likeness (QED) is 0.611. The molecule has 0 saturated heterocycles. The molecular weight excluding hydrogens is 134 g/mol. The minimum Gasteiger partial charge on any atom is -0.314 e. The largest absolute Gasteiger partial charge is 0.314 e. The third kappa shape index (κ3) is 3.06. The molecule has 0 radical (unpaired) electrons. The molecule has 64 valence electrons. The van der Waals surface area contributed by atoms with Crippen molar-refractivity contribution >= 4 is 0 Å². The Hall–Kier alpha value is -0.300. The van der Waals surface area contributed by atoms with Gasteiger partial charge in [-0.1, -0.05) is 19.1 Å². The Morgan fingerprint density at radius 2 is 2.09 bits per heavy atom. The normalized spacial score (nSPS) is 20.9.